The molecule has 1 saturated heterocycles. The number of nitrogens with zero attached hydrogens (tertiary/aromatic N) is 1. The van der Waals surface area contributed by atoms with Crippen molar-refractivity contribution in [2.24, 2.45) is 0 Å². The van der Waals surface area contributed by atoms with E-state index in [4.69, 9.17) is 9.84 Å². The monoisotopic (exact) mass is 312 g/mol. The zero-order chi connectivity index (χ0) is 15.9. The van der Waals surface area contributed by atoms with E-state index in [0.717, 1.165) is 36.3 Å². The minimum Gasteiger partial charge on any atom is -0.490 e. The quantitative estimate of drug-likeness (QED) is 0.825. The highest BCUT2D eigenvalue weighted by atomic mass is 16.5. The average molecular weight is 312 g/mol. The summed E-state index contributed by atoms with van der Waals surface area (Å²) in [6, 6.07) is 10.9. The van der Waals surface area contributed by atoms with Gasteiger partial charge in [0.25, 0.3) is 0 Å². The Morgan fingerprint density at radius 1 is 1.22 bits per heavy atom. The Morgan fingerprint density at radius 3 is 3.00 bits per heavy atom. The number of aliphatic hydroxyl groups is 1. The van der Waals surface area contributed by atoms with Crippen molar-refractivity contribution in [3.05, 3.63) is 48.3 Å². The van der Waals surface area contributed by atoms with Crippen molar-refractivity contribution in [3.8, 4) is 16.9 Å². The minimum atomic E-state index is 0.226. The van der Waals surface area contributed by atoms with Gasteiger partial charge < -0.3 is 15.2 Å². The molecule has 4 nitrogen and oxygen atoms in total. The summed E-state index contributed by atoms with van der Waals surface area (Å²) in [6.07, 6.45) is 7.73. The van der Waals surface area contributed by atoms with Gasteiger partial charge >= 0.3 is 0 Å². The first-order valence-corrected chi connectivity index (χ1v) is 8.36. The first kappa shape index (κ1) is 16.0. The van der Waals surface area contributed by atoms with E-state index in [1.807, 2.05) is 12.3 Å². The number of rotatable bonds is 7. The van der Waals surface area contributed by atoms with E-state index in [2.05, 4.69) is 34.6 Å². The molecule has 2 N–H and O–H groups in total. The lowest BCUT2D eigenvalue weighted by Gasteiger charge is -2.12. The van der Waals surface area contributed by atoms with E-state index in [9.17, 15) is 0 Å². The second-order valence-electron chi connectivity index (χ2n) is 6.04. The van der Waals surface area contributed by atoms with Crippen LogP contribution >= 0.6 is 0 Å². The molecule has 2 aromatic rings. The van der Waals surface area contributed by atoms with Gasteiger partial charge in [-0.3, -0.25) is 4.98 Å². The molecule has 0 saturated carbocycles. The third-order valence-electron chi connectivity index (χ3n) is 4.21. The number of pyridine rings is 1. The Bertz CT molecular complexity index is 624. The molecule has 1 aromatic carbocycles. The lowest BCUT2D eigenvalue weighted by Crippen LogP contribution is -2.28. The van der Waals surface area contributed by atoms with E-state index >= 15 is 0 Å². The Hall–Kier alpha value is -1.91. The molecule has 0 radical (unpaired) electrons. The lowest BCUT2D eigenvalue weighted by atomic mass is 10.0. The molecule has 3 rings (SSSR count). The van der Waals surface area contributed by atoms with Gasteiger partial charge in [0.05, 0.1) is 6.20 Å². The van der Waals surface area contributed by atoms with Gasteiger partial charge in [0.2, 0.25) is 0 Å². The second kappa shape index (κ2) is 8.09. The highest BCUT2D eigenvalue weighted by Crippen LogP contribution is 2.24. The molecule has 4 heteroatoms. The summed E-state index contributed by atoms with van der Waals surface area (Å²) in [6.45, 7) is 2.01. The van der Waals surface area contributed by atoms with Crippen LogP contribution in [0, 0.1) is 0 Å². The summed E-state index contributed by atoms with van der Waals surface area (Å²) in [5.41, 5.74) is 3.43. The predicted octanol–water partition coefficient (Wildman–Crippen LogP) is 2.80. The molecule has 0 bridgehead atoms. The van der Waals surface area contributed by atoms with Crippen LogP contribution in [-0.4, -0.2) is 35.9 Å². The third kappa shape index (κ3) is 4.53. The summed E-state index contributed by atoms with van der Waals surface area (Å²) >= 11 is 0. The van der Waals surface area contributed by atoms with Crippen molar-refractivity contribution in [3.63, 3.8) is 0 Å². The Balaban J connectivity index is 1.68. The molecule has 122 valence electrons. The fraction of sp³-hybridized carbons (Fsp3) is 0.421. The number of hydrogen-bond acceptors (Lipinski definition) is 4. The summed E-state index contributed by atoms with van der Waals surface area (Å²) < 4.78 is 5.89. The van der Waals surface area contributed by atoms with Crippen molar-refractivity contribution >= 4 is 0 Å². The largest absolute Gasteiger partial charge is 0.490 e. The Kier molecular flexibility index (Phi) is 5.61. The highest BCUT2D eigenvalue weighted by Gasteiger charge is 2.14. The van der Waals surface area contributed by atoms with E-state index in [0.29, 0.717) is 12.6 Å². The van der Waals surface area contributed by atoms with Crippen molar-refractivity contribution in [1.82, 2.24) is 10.3 Å². The normalized spacial score (nSPS) is 17.3. The van der Waals surface area contributed by atoms with Crippen LogP contribution < -0.4 is 10.1 Å². The Labute approximate surface area is 137 Å². The number of aryl methyl sites for hydroxylation is 1. The molecule has 1 aliphatic heterocycles. The van der Waals surface area contributed by atoms with E-state index in [-0.39, 0.29) is 6.61 Å². The van der Waals surface area contributed by atoms with Crippen LogP contribution in [0.5, 0.6) is 5.75 Å². The number of hydrogen-bond donors (Lipinski definition) is 2. The maximum Gasteiger partial charge on any atom is 0.138 e. The number of nitrogens with one attached hydrogen (secondary N) is 1. The van der Waals surface area contributed by atoms with Crippen LogP contribution in [0.25, 0.3) is 11.1 Å². The molecule has 1 aromatic heterocycles. The van der Waals surface area contributed by atoms with Crippen molar-refractivity contribution in [2.45, 2.75) is 31.7 Å². The molecule has 2 heterocycles. The molecule has 23 heavy (non-hydrogen) atoms. The predicted molar refractivity (Wildman–Crippen MR) is 91.6 cm³/mol. The van der Waals surface area contributed by atoms with Gasteiger partial charge in [-0.15, -0.1) is 0 Å². The van der Waals surface area contributed by atoms with E-state index in [1.54, 1.807) is 6.20 Å². The van der Waals surface area contributed by atoms with Crippen molar-refractivity contribution < 1.29 is 9.84 Å². The Morgan fingerprint density at radius 2 is 2.17 bits per heavy atom. The molecular formula is C19H24N2O2. The molecule has 1 fully saturated rings. The zero-order valence-corrected chi connectivity index (χ0v) is 13.4. The fourth-order valence-electron chi connectivity index (χ4n) is 2.94. The van der Waals surface area contributed by atoms with E-state index < -0.39 is 0 Å². The molecule has 0 aliphatic carbocycles. The number of aliphatic hydroxyl groups excluding tert-OH is 1. The highest BCUT2D eigenvalue weighted by molar-refractivity contribution is 5.64. The second-order valence-corrected chi connectivity index (χ2v) is 6.04. The zero-order valence-electron chi connectivity index (χ0n) is 13.4. The molecular weight excluding hydrogens is 288 g/mol. The van der Waals surface area contributed by atoms with Crippen LogP contribution in [0.3, 0.4) is 0 Å². The topological polar surface area (TPSA) is 54.4 Å². The maximum atomic E-state index is 8.97. The SMILES string of the molecule is OCCCc1cccc(-c2cncc(OC[C@H]3CCCN3)c2)c1. The first-order chi connectivity index (χ1) is 11.3. The van der Waals surface area contributed by atoms with Gasteiger partial charge in [0, 0.05) is 24.4 Å². The van der Waals surface area contributed by atoms with Gasteiger partial charge in [0.15, 0.2) is 0 Å². The summed E-state index contributed by atoms with van der Waals surface area (Å²) in [4.78, 5) is 4.31. The number of ether oxygens (including phenoxy) is 1. The van der Waals surface area contributed by atoms with Gasteiger partial charge in [-0.05, 0) is 49.4 Å². The average Bonchev–Trinajstić information content (AvgIpc) is 3.12. The molecule has 1 aliphatic rings. The molecule has 0 unspecified atom stereocenters. The summed E-state index contributed by atoms with van der Waals surface area (Å²) in [7, 11) is 0. The van der Waals surface area contributed by atoms with Crippen LogP contribution in [0.4, 0.5) is 0 Å². The number of benzene rings is 1. The first-order valence-electron chi connectivity index (χ1n) is 8.36. The fourth-order valence-corrected chi connectivity index (χ4v) is 2.94. The standard InChI is InChI=1S/C19H24N2O2/c22-9-3-5-15-4-1-6-16(10-15)17-11-19(13-20-12-17)23-14-18-7-2-8-21-18/h1,4,6,10-13,18,21-22H,2-3,5,7-9,14H2/t18-/m1/s1. The van der Waals surface area contributed by atoms with Gasteiger partial charge in [0.1, 0.15) is 12.4 Å². The summed E-state index contributed by atoms with van der Waals surface area (Å²) in [5.74, 6) is 0.817. The lowest BCUT2D eigenvalue weighted by molar-refractivity contribution is 0.276. The van der Waals surface area contributed by atoms with E-state index in [1.165, 1.54) is 18.4 Å². The van der Waals surface area contributed by atoms with Gasteiger partial charge in [-0.2, -0.15) is 0 Å². The smallest absolute Gasteiger partial charge is 0.138 e. The van der Waals surface area contributed by atoms with Crippen LogP contribution in [0.2, 0.25) is 0 Å². The maximum absolute atomic E-state index is 8.97. The summed E-state index contributed by atoms with van der Waals surface area (Å²) in [5, 5.41) is 12.4. The van der Waals surface area contributed by atoms with Gasteiger partial charge in [-0.25, -0.2) is 0 Å². The van der Waals surface area contributed by atoms with Crippen molar-refractivity contribution in [2.75, 3.05) is 19.8 Å². The number of aromatic nitrogens is 1. The van der Waals surface area contributed by atoms with Crippen LogP contribution in [0.15, 0.2) is 42.7 Å². The van der Waals surface area contributed by atoms with Crippen LogP contribution in [0.1, 0.15) is 24.8 Å². The molecule has 1 atom stereocenters. The van der Waals surface area contributed by atoms with Gasteiger partial charge in [-0.1, -0.05) is 24.3 Å². The molecule has 0 spiro atoms. The van der Waals surface area contributed by atoms with Crippen molar-refractivity contribution in [1.29, 1.82) is 0 Å². The molecule has 0 amide bonds. The minimum absolute atomic E-state index is 0.226. The third-order valence-corrected chi connectivity index (χ3v) is 4.21. The van der Waals surface area contributed by atoms with Crippen LogP contribution in [-0.2, 0) is 6.42 Å².